The van der Waals surface area contributed by atoms with Crippen LogP contribution in [-0.2, 0) is 6.54 Å². The molecule has 0 bridgehead atoms. The summed E-state index contributed by atoms with van der Waals surface area (Å²) in [5.74, 6) is 0.930. The molecule has 1 saturated carbocycles. The van der Waals surface area contributed by atoms with Crippen molar-refractivity contribution in [1.82, 2.24) is 24.4 Å². The zero-order valence-corrected chi connectivity index (χ0v) is 21.1. The molecule has 0 aliphatic heterocycles. The molecule has 1 aliphatic carbocycles. The Morgan fingerprint density at radius 3 is 2.58 bits per heavy atom. The fourth-order valence-electron chi connectivity index (χ4n) is 5.08. The molecule has 0 atom stereocenters. The summed E-state index contributed by atoms with van der Waals surface area (Å²) in [7, 11) is 1.81. The zero-order chi connectivity index (χ0) is 25.2. The van der Waals surface area contributed by atoms with Crippen molar-refractivity contribution in [3.05, 3.63) is 81.6 Å². The van der Waals surface area contributed by atoms with E-state index in [1.54, 1.807) is 23.0 Å². The number of halogens is 1. The van der Waals surface area contributed by atoms with Crippen molar-refractivity contribution < 1.29 is 4.79 Å². The van der Waals surface area contributed by atoms with Crippen LogP contribution in [0.4, 0.5) is 5.82 Å². The Hall–Kier alpha value is -3.65. The number of rotatable bonds is 6. The summed E-state index contributed by atoms with van der Waals surface area (Å²) >= 11 is 6.03. The molecular weight excluding hydrogens is 476 g/mol. The number of hydrogen-bond donors (Lipinski definition) is 2. The number of nitrogens with one attached hydrogen (secondary N) is 2. The van der Waals surface area contributed by atoms with Crippen LogP contribution in [0, 0.1) is 12.8 Å². The number of pyridine rings is 2. The number of hydrogen-bond acceptors (Lipinski definition) is 5. The Bertz CT molecular complexity index is 1470. The minimum absolute atomic E-state index is 0.0520. The molecule has 0 radical (unpaired) electrons. The standard InChI is InChI=1S/C27H29ClN6O2/c1-17-22(13-19(28)15-31-17)26(35)32-20-9-7-18(8-10-20)16-33-23-5-3-4-6-24(23)34(27(33)36)21-11-12-30-25(14-21)29-2/h3-6,11-15,18,20H,7-10,16H2,1-2H3,(H,29,30)(H,32,35)/t18-,20-. The van der Waals surface area contributed by atoms with Crippen LogP contribution >= 0.6 is 11.6 Å². The van der Waals surface area contributed by atoms with Gasteiger partial charge in [0.2, 0.25) is 0 Å². The van der Waals surface area contributed by atoms with Gasteiger partial charge in [-0.25, -0.2) is 9.78 Å². The third-order valence-corrected chi connectivity index (χ3v) is 7.22. The molecule has 1 fully saturated rings. The van der Waals surface area contributed by atoms with Crippen molar-refractivity contribution in [3.63, 3.8) is 0 Å². The molecule has 1 aliphatic rings. The van der Waals surface area contributed by atoms with Crippen LogP contribution < -0.4 is 16.3 Å². The molecule has 4 aromatic rings. The summed E-state index contributed by atoms with van der Waals surface area (Å²) < 4.78 is 3.64. The smallest absolute Gasteiger partial charge is 0.333 e. The highest BCUT2D eigenvalue weighted by molar-refractivity contribution is 6.30. The van der Waals surface area contributed by atoms with E-state index in [4.69, 9.17) is 11.6 Å². The highest BCUT2D eigenvalue weighted by Crippen LogP contribution is 2.28. The molecule has 0 unspecified atom stereocenters. The number of aromatic nitrogens is 4. The van der Waals surface area contributed by atoms with Gasteiger partial charge < -0.3 is 10.6 Å². The Balaban J connectivity index is 1.31. The molecular formula is C27H29ClN6O2. The van der Waals surface area contributed by atoms with Crippen molar-refractivity contribution >= 4 is 34.4 Å². The number of para-hydroxylation sites is 2. The van der Waals surface area contributed by atoms with Crippen molar-refractivity contribution in [2.75, 3.05) is 12.4 Å². The molecule has 0 spiro atoms. The summed E-state index contributed by atoms with van der Waals surface area (Å²) in [4.78, 5) is 34.8. The highest BCUT2D eigenvalue weighted by atomic mass is 35.5. The van der Waals surface area contributed by atoms with E-state index in [1.807, 2.05) is 54.9 Å². The lowest BCUT2D eigenvalue weighted by molar-refractivity contribution is 0.0919. The van der Waals surface area contributed by atoms with Gasteiger partial charge in [-0.1, -0.05) is 23.7 Å². The summed E-state index contributed by atoms with van der Waals surface area (Å²) in [5, 5.41) is 6.63. The third-order valence-electron chi connectivity index (χ3n) is 7.01. The first-order valence-corrected chi connectivity index (χ1v) is 12.6. The van der Waals surface area contributed by atoms with Crippen LogP contribution in [0.1, 0.15) is 41.7 Å². The summed E-state index contributed by atoms with van der Waals surface area (Å²) in [6.07, 6.45) is 6.85. The first kappa shape index (κ1) is 24.1. The van der Waals surface area contributed by atoms with Gasteiger partial charge in [0.1, 0.15) is 5.82 Å². The average molecular weight is 505 g/mol. The second-order valence-corrected chi connectivity index (χ2v) is 9.78. The molecule has 36 heavy (non-hydrogen) atoms. The number of nitrogens with zero attached hydrogens (tertiary/aromatic N) is 4. The molecule has 9 heteroatoms. The van der Waals surface area contributed by atoms with Gasteiger partial charge >= 0.3 is 5.69 Å². The van der Waals surface area contributed by atoms with Gasteiger partial charge in [0.15, 0.2) is 0 Å². The van der Waals surface area contributed by atoms with E-state index in [2.05, 4.69) is 20.6 Å². The summed E-state index contributed by atoms with van der Waals surface area (Å²) in [6, 6.07) is 13.4. The van der Waals surface area contributed by atoms with Crippen LogP contribution in [0.5, 0.6) is 0 Å². The monoisotopic (exact) mass is 504 g/mol. The second kappa shape index (κ2) is 10.1. The van der Waals surface area contributed by atoms with E-state index >= 15 is 0 Å². The van der Waals surface area contributed by atoms with Crippen LogP contribution in [0.25, 0.3) is 16.7 Å². The topological polar surface area (TPSA) is 93.8 Å². The quantitative estimate of drug-likeness (QED) is 0.401. The Morgan fingerprint density at radius 1 is 1.08 bits per heavy atom. The number of fused-ring (bicyclic) bond motifs is 1. The van der Waals surface area contributed by atoms with E-state index in [-0.39, 0.29) is 17.6 Å². The number of carbonyl (C=O) groups is 1. The van der Waals surface area contributed by atoms with Gasteiger partial charge in [-0.15, -0.1) is 0 Å². The van der Waals surface area contributed by atoms with E-state index in [0.29, 0.717) is 34.6 Å². The minimum atomic E-state index is -0.136. The number of aryl methyl sites for hydroxylation is 1. The highest BCUT2D eigenvalue weighted by Gasteiger charge is 2.25. The van der Waals surface area contributed by atoms with Gasteiger partial charge in [-0.3, -0.25) is 18.9 Å². The van der Waals surface area contributed by atoms with E-state index in [9.17, 15) is 9.59 Å². The van der Waals surface area contributed by atoms with Gasteiger partial charge in [0.25, 0.3) is 5.91 Å². The number of amides is 1. The largest absolute Gasteiger partial charge is 0.373 e. The van der Waals surface area contributed by atoms with Gasteiger partial charge in [0.05, 0.1) is 33.0 Å². The fraction of sp³-hybridized carbons (Fsp3) is 0.333. The van der Waals surface area contributed by atoms with Crippen molar-refractivity contribution in [2.45, 2.75) is 45.2 Å². The normalized spacial score (nSPS) is 17.8. The van der Waals surface area contributed by atoms with Gasteiger partial charge in [0, 0.05) is 38.1 Å². The molecule has 0 saturated heterocycles. The van der Waals surface area contributed by atoms with Crippen LogP contribution in [0.15, 0.2) is 59.7 Å². The van der Waals surface area contributed by atoms with E-state index in [1.165, 1.54) is 0 Å². The number of imidazole rings is 1. The maximum absolute atomic E-state index is 13.6. The van der Waals surface area contributed by atoms with Gasteiger partial charge in [-0.05, 0) is 62.8 Å². The lowest BCUT2D eigenvalue weighted by atomic mass is 9.85. The number of anilines is 1. The van der Waals surface area contributed by atoms with E-state index < -0.39 is 0 Å². The van der Waals surface area contributed by atoms with E-state index in [0.717, 1.165) is 42.4 Å². The van der Waals surface area contributed by atoms with Crippen molar-refractivity contribution in [1.29, 1.82) is 0 Å². The lowest BCUT2D eigenvalue weighted by Crippen LogP contribution is -2.39. The Labute approximate surface area is 214 Å². The second-order valence-electron chi connectivity index (χ2n) is 9.34. The first-order chi connectivity index (χ1) is 17.4. The van der Waals surface area contributed by atoms with Crippen molar-refractivity contribution in [3.8, 4) is 5.69 Å². The summed E-state index contributed by atoms with van der Waals surface area (Å²) in [5.41, 5.74) is 3.71. The molecule has 2 N–H and O–H groups in total. The molecule has 3 heterocycles. The zero-order valence-electron chi connectivity index (χ0n) is 20.4. The SMILES string of the molecule is CNc1cc(-n2c(=O)n(C[C@H]3CC[C@H](NC(=O)c4cc(Cl)cnc4C)CC3)c3ccccc32)ccn1. The minimum Gasteiger partial charge on any atom is -0.373 e. The van der Waals surface area contributed by atoms with Crippen LogP contribution in [0.3, 0.4) is 0 Å². The average Bonchev–Trinajstić information content (AvgIpc) is 3.17. The number of carbonyl (C=O) groups excluding carboxylic acids is 1. The molecule has 186 valence electrons. The van der Waals surface area contributed by atoms with Crippen molar-refractivity contribution in [2.24, 2.45) is 5.92 Å². The number of benzene rings is 1. The molecule has 1 aromatic carbocycles. The molecule has 8 nitrogen and oxygen atoms in total. The maximum Gasteiger partial charge on any atom is 0.333 e. The van der Waals surface area contributed by atoms with Crippen LogP contribution in [0.2, 0.25) is 5.02 Å². The predicted octanol–water partition coefficient (Wildman–Crippen LogP) is 4.57. The van der Waals surface area contributed by atoms with Crippen LogP contribution in [-0.4, -0.2) is 38.1 Å². The Morgan fingerprint density at radius 2 is 1.83 bits per heavy atom. The molecule has 3 aromatic heterocycles. The third kappa shape index (κ3) is 4.73. The summed E-state index contributed by atoms with van der Waals surface area (Å²) in [6.45, 7) is 2.45. The molecule has 1 amide bonds. The molecule has 5 rings (SSSR count). The first-order valence-electron chi connectivity index (χ1n) is 12.2. The fourth-order valence-corrected chi connectivity index (χ4v) is 5.24. The Kier molecular flexibility index (Phi) is 6.78. The predicted molar refractivity (Wildman–Crippen MR) is 142 cm³/mol. The van der Waals surface area contributed by atoms with Gasteiger partial charge in [-0.2, -0.15) is 0 Å². The maximum atomic E-state index is 13.6. The lowest BCUT2D eigenvalue weighted by Gasteiger charge is -2.29.